The van der Waals surface area contributed by atoms with Crippen molar-refractivity contribution in [2.75, 3.05) is 0 Å². The quantitative estimate of drug-likeness (QED) is 0.168. The first kappa shape index (κ1) is 24.8. The maximum atomic E-state index is 10.3. The molecule has 0 saturated carbocycles. The number of hydrogen-bond acceptors (Lipinski definition) is 6. The Morgan fingerprint density at radius 1 is 0.472 bits per heavy atom. The van der Waals surface area contributed by atoms with E-state index in [1.165, 1.54) is 12.1 Å². The van der Waals surface area contributed by atoms with Gasteiger partial charge < -0.3 is 30.6 Å². The average Bonchev–Trinajstić information content (AvgIpc) is 2.86. The maximum Gasteiger partial charge on any atom is 0.157 e. The molecule has 2 atom stereocenters. The van der Waals surface area contributed by atoms with Crippen molar-refractivity contribution in [3.05, 3.63) is 107 Å². The molecule has 4 aromatic carbocycles. The van der Waals surface area contributed by atoms with Crippen LogP contribution in [-0.4, -0.2) is 30.6 Å². The van der Waals surface area contributed by atoms with Gasteiger partial charge in [0.1, 0.15) is 11.5 Å². The van der Waals surface area contributed by atoms with Crippen LogP contribution in [0.3, 0.4) is 0 Å². The highest BCUT2D eigenvalue weighted by molar-refractivity contribution is 5.43. The van der Waals surface area contributed by atoms with E-state index >= 15 is 0 Å². The molecule has 186 valence electrons. The predicted molar refractivity (Wildman–Crippen MR) is 138 cm³/mol. The van der Waals surface area contributed by atoms with E-state index in [-0.39, 0.29) is 46.3 Å². The molecule has 0 radical (unpaired) electrons. The Hall–Kier alpha value is -4.32. The highest BCUT2D eigenvalue weighted by Gasteiger charge is 2.25. The highest BCUT2D eigenvalue weighted by atomic mass is 16.3. The molecule has 0 spiro atoms. The molecular weight excluding hydrogens is 456 g/mol. The zero-order valence-corrected chi connectivity index (χ0v) is 19.7. The van der Waals surface area contributed by atoms with Crippen LogP contribution in [0.4, 0.5) is 0 Å². The third-order valence-electron chi connectivity index (χ3n) is 6.67. The molecule has 4 aromatic rings. The number of rotatable bonds is 9. The Kier molecular flexibility index (Phi) is 7.54. The normalized spacial score (nSPS) is 12.8. The average molecular weight is 487 g/mol. The Balaban J connectivity index is 1.70. The van der Waals surface area contributed by atoms with Crippen molar-refractivity contribution in [3.63, 3.8) is 0 Å². The first-order valence-electron chi connectivity index (χ1n) is 11.9. The molecule has 0 bridgehead atoms. The number of aryl methyl sites for hydroxylation is 1. The summed E-state index contributed by atoms with van der Waals surface area (Å²) in [6, 6.07) is 23.9. The van der Waals surface area contributed by atoms with E-state index in [9.17, 15) is 30.6 Å². The van der Waals surface area contributed by atoms with Gasteiger partial charge in [-0.15, -0.1) is 0 Å². The molecule has 0 saturated heterocycles. The van der Waals surface area contributed by atoms with E-state index in [4.69, 9.17) is 0 Å². The molecule has 6 heteroatoms. The second kappa shape index (κ2) is 11.0. The number of phenolic OH excluding ortho intramolecular Hbond substituents is 6. The van der Waals surface area contributed by atoms with E-state index in [0.29, 0.717) is 19.3 Å². The summed E-state index contributed by atoms with van der Waals surface area (Å²) in [7, 11) is 0. The monoisotopic (exact) mass is 486 g/mol. The van der Waals surface area contributed by atoms with Crippen molar-refractivity contribution >= 4 is 0 Å². The molecule has 0 aliphatic heterocycles. The Bertz CT molecular complexity index is 1300. The molecule has 6 nitrogen and oxygen atoms in total. The molecule has 0 heterocycles. The summed E-state index contributed by atoms with van der Waals surface area (Å²) in [4.78, 5) is 0. The van der Waals surface area contributed by atoms with Crippen LogP contribution in [0.15, 0.2) is 84.9 Å². The SMILES string of the molecule is Oc1ccc(C[C@H](CCc2ccc(O)c(O)c2)[C@H](Cc2ccc(O)cc2)c2ccc(O)c(O)c2)cc1. The van der Waals surface area contributed by atoms with Gasteiger partial charge in [-0.1, -0.05) is 36.4 Å². The summed E-state index contributed by atoms with van der Waals surface area (Å²) in [5, 5.41) is 59.2. The van der Waals surface area contributed by atoms with Crippen molar-refractivity contribution in [1.82, 2.24) is 0 Å². The first-order chi connectivity index (χ1) is 17.3. The topological polar surface area (TPSA) is 121 Å². The van der Waals surface area contributed by atoms with Crippen LogP contribution in [-0.2, 0) is 19.3 Å². The van der Waals surface area contributed by atoms with E-state index in [0.717, 1.165) is 28.7 Å². The van der Waals surface area contributed by atoms with Gasteiger partial charge in [0, 0.05) is 0 Å². The lowest BCUT2D eigenvalue weighted by molar-refractivity contribution is 0.379. The van der Waals surface area contributed by atoms with Gasteiger partial charge in [-0.25, -0.2) is 0 Å². The Morgan fingerprint density at radius 3 is 1.53 bits per heavy atom. The minimum atomic E-state index is -0.185. The van der Waals surface area contributed by atoms with Crippen molar-refractivity contribution in [1.29, 1.82) is 0 Å². The minimum Gasteiger partial charge on any atom is -0.508 e. The van der Waals surface area contributed by atoms with Gasteiger partial charge in [0.25, 0.3) is 0 Å². The molecule has 0 aliphatic carbocycles. The molecule has 0 fully saturated rings. The summed E-state index contributed by atoms with van der Waals surface area (Å²) in [5.41, 5.74) is 3.82. The van der Waals surface area contributed by atoms with E-state index in [1.54, 1.807) is 42.5 Å². The number of aromatic hydroxyl groups is 6. The second-order valence-corrected chi connectivity index (χ2v) is 9.22. The molecule has 4 rings (SSSR count). The van der Waals surface area contributed by atoms with Gasteiger partial charge in [0.05, 0.1) is 0 Å². The zero-order chi connectivity index (χ0) is 25.7. The third-order valence-corrected chi connectivity index (χ3v) is 6.67. The minimum absolute atomic E-state index is 0.0550. The number of benzene rings is 4. The standard InChI is InChI=1S/C30H30O6/c31-24-9-2-19(3-10-24)15-22(7-1-21-6-13-27(33)29(35)17-21)26(16-20-4-11-25(32)12-5-20)23-8-14-28(34)30(36)18-23/h2-6,8-14,17-18,22,26,31-36H,1,7,15-16H2/t22-,26-/m0/s1. The molecule has 0 amide bonds. The summed E-state index contributed by atoms with van der Waals surface area (Å²) >= 11 is 0. The Morgan fingerprint density at radius 2 is 0.972 bits per heavy atom. The molecular formula is C30H30O6. The third kappa shape index (κ3) is 6.21. The lowest BCUT2D eigenvalue weighted by Crippen LogP contribution is -2.19. The number of phenols is 6. The van der Waals surface area contributed by atoms with Crippen molar-refractivity contribution in [2.45, 2.75) is 31.6 Å². The van der Waals surface area contributed by atoms with Crippen LogP contribution in [0.1, 0.15) is 34.6 Å². The fraction of sp³-hybridized carbons (Fsp3) is 0.200. The summed E-state index contributed by atoms with van der Waals surface area (Å²) in [5.74, 6) is -0.296. The second-order valence-electron chi connectivity index (χ2n) is 9.22. The summed E-state index contributed by atoms with van der Waals surface area (Å²) in [6.45, 7) is 0. The summed E-state index contributed by atoms with van der Waals surface area (Å²) in [6.07, 6.45) is 2.70. The van der Waals surface area contributed by atoms with E-state index in [2.05, 4.69) is 0 Å². The van der Waals surface area contributed by atoms with Crippen LogP contribution in [0.5, 0.6) is 34.5 Å². The molecule has 6 N–H and O–H groups in total. The maximum absolute atomic E-state index is 10.3. The van der Waals surface area contributed by atoms with Gasteiger partial charge in [-0.05, 0) is 108 Å². The molecule has 0 aliphatic rings. The molecule has 0 unspecified atom stereocenters. The van der Waals surface area contributed by atoms with Gasteiger partial charge in [0.2, 0.25) is 0 Å². The van der Waals surface area contributed by atoms with E-state index < -0.39 is 0 Å². The largest absolute Gasteiger partial charge is 0.508 e. The van der Waals surface area contributed by atoms with E-state index in [1.807, 2.05) is 30.3 Å². The number of hydrogen-bond donors (Lipinski definition) is 6. The van der Waals surface area contributed by atoms with Gasteiger partial charge in [-0.3, -0.25) is 0 Å². The van der Waals surface area contributed by atoms with Crippen LogP contribution in [0.2, 0.25) is 0 Å². The van der Waals surface area contributed by atoms with Crippen LogP contribution >= 0.6 is 0 Å². The molecule has 0 aromatic heterocycles. The highest BCUT2D eigenvalue weighted by Crippen LogP contribution is 2.38. The van der Waals surface area contributed by atoms with Crippen molar-refractivity contribution in [2.24, 2.45) is 5.92 Å². The summed E-state index contributed by atoms with van der Waals surface area (Å²) < 4.78 is 0. The van der Waals surface area contributed by atoms with Gasteiger partial charge in [0.15, 0.2) is 23.0 Å². The first-order valence-corrected chi connectivity index (χ1v) is 11.9. The zero-order valence-electron chi connectivity index (χ0n) is 19.7. The fourth-order valence-electron chi connectivity index (χ4n) is 4.67. The Labute approximate surface area is 210 Å². The predicted octanol–water partition coefficient (Wildman–Crippen LogP) is 5.74. The lowest BCUT2D eigenvalue weighted by Gasteiger charge is -2.29. The van der Waals surface area contributed by atoms with Crippen molar-refractivity contribution in [3.8, 4) is 34.5 Å². The van der Waals surface area contributed by atoms with Gasteiger partial charge in [-0.2, -0.15) is 0 Å². The van der Waals surface area contributed by atoms with Crippen LogP contribution < -0.4 is 0 Å². The van der Waals surface area contributed by atoms with Crippen molar-refractivity contribution < 1.29 is 30.6 Å². The van der Waals surface area contributed by atoms with Crippen LogP contribution in [0, 0.1) is 5.92 Å². The van der Waals surface area contributed by atoms with Crippen LogP contribution in [0.25, 0.3) is 0 Å². The van der Waals surface area contributed by atoms with Gasteiger partial charge >= 0.3 is 0 Å². The smallest absolute Gasteiger partial charge is 0.157 e. The fourth-order valence-corrected chi connectivity index (χ4v) is 4.67. The lowest BCUT2D eigenvalue weighted by atomic mass is 9.76. The molecule has 36 heavy (non-hydrogen) atoms.